The molecule has 0 N–H and O–H groups in total. The van der Waals surface area contributed by atoms with Crippen LogP contribution in [0.3, 0.4) is 0 Å². The van der Waals surface area contributed by atoms with Crippen molar-refractivity contribution in [3.63, 3.8) is 0 Å². The summed E-state index contributed by atoms with van der Waals surface area (Å²) in [6.07, 6.45) is 0. The number of ether oxygens (including phenoxy) is 1. The second-order valence-corrected chi connectivity index (χ2v) is 12.9. The van der Waals surface area contributed by atoms with Crippen LogP contribution in [0, 0.1) is 0 Å². The van der Waals surface area contributed by atoms with Crippen molar-refractivity contribution in [3.05, 3.63) is 121 Å². The maximum atomic E-state index is 10.2. The van der Waals surface area contributed by atoms with Crippen molar-refractivity contribution in [1.82, 2.24) is 0 Å². The molecule has 35 heavy (non-hydrogen) atoms. The van der Waals surface area contributed by atoms with E-state index < -0.39 is 23.8 Å². The Kier molecular flexibility index (Phi) is 9.22. The molecule has 182 valence electrons. The summed E-state index contributed by atoms with van der Waals surface area (Å²) in [5, 5.41) is 4.18. The van der Waals surface area contributed by atoms with E-state index in [0.717, 1.165) is 5.75 Å². The third-order valence-corrected chi connectivity index (χ3v) is 8.30. The van der Waals surface area contributed by atoms with Gasteiger partial charge in [-0.2, -0.15) is 0 Å². The molecule has 4 nitrogen and oxygen atoms in total. The minimum Gasteiger partial charge on any atom is -0.748 e. The minimum absolute atomic E-state index is 0.172. The Balaban J connectivity index is 0.000000261. The second kappa shape index (κ2) is 12.1. The molecule has 0 aliphatic rings. The first-order valence-electron chi connectivity index (χ1n) is 11.4. The van der Waals surface area contributed by atoms with Crippen LogP contribution in [-0.4, -0.2) is 18.6 Å². The van der Waals surface area contributed by atoms with Gasteiger partial charge in [-0.15, -0.1) is 0 Å². The fourth-order valence-electron chi connectivity index (χ4n) is 3.53. The van der Waals surface area contributed by atoms with Crippen LogP contribution in [0.1, 0.15) is 26.3 Å². The summed E-state index contributed by atoms with van der Waals surface area (Å²) in [6.45, 7) is 6.22. The molecule has 0 aromatic heterocycles. The van der Waals surface area contributed by atoms with E-state index in [2.05, 4.69) is 106 Å². The first kappa shape index (κ1) is 26.6. The molecule has 0 fully saturated rings. The molecule has 0 amide bonds. The van der Waals surface area contributed by atoms with Gasteiger partial charge in [0.2, 0.25) is 0 Å². The van der Waals surface area contributed by atoms with Gasteiger partial charge in [0.05, 0.1) is 23.8 Å². The molecule has 0 heterocycles. The van der Waals surface area contributed by atoms with E-state index in [1.54, 1.807) is 30.3 Å². The summed E-state index contributed by atoms with van der Waals surface area (Å²) in [4.78, 5) is 0. The molecule has 0 aliphatic heterocycles. The molecule has 0 spiro atoms. The molecular formula is C29H31O4PS. The number of hydrogen-bond donors (Lipinski definition) is 0. The van der Waals surface area contributed by atoms with Gasteiger partial charge in [0.15, 0.2) is 0 Å². The monoisotopic (exact) mass is 506 g/mol. The molecule has 0 radical (unpaired) electrons. The van der Waals surface area contributed by atoms with Gasteiger partial charge in [0.1, 0.15) is 27.3 Å². The van der Waals surface area contributed by atoms with E-state index in [1.165, 1.54) is 15.9 Å². The third-order valence-electron chi connectivity index (χ3n) is 4.88. The highest BCUT2D eigenvalue weighted by Gasteiger charge is 2.25. The molecular weight excluding hydrogens is 475 g/mol. The molecule has 0 atom stereocenters. The Bertz CT molecular complexity index is 1230. The Morgan fingerprint density at radius 1 is 0.657 bits per heavy atom. The van der Waals surface area contributed by atoms with Crippen molar-refractivity contribution in [2.45, 2.75) is 32.1 Å². The van der Waals surface area contributed by atoms with E-state index in [1.807, 2.05) is 0 Å². The molecule has 4 aromatic carbocycles. The zero-order chi connectivity index (χ0) is 25.3. The highest BCUT2D eigenvalue weighted by atomic mass is 32.2. The summed E-state index contributed by atoms with van der Waals surface area (Å²) >= 11 is 0. The molecule has 0 saturated carbocycles. The van der Waals surface area contributed by atoms with Crippen molar-refractivity contribution in [2.75, 3.05) is 0 Å². The molecule has 0 bridgehead atoms. The molecule has 0 unspecified atom stereocenters. The molecule has 4 rings (SSSR count). The van der Waals surface area contributed by atoms with Gasteiger partial charge in [0, 0.05) is 0 Å². The van der Waals surface area contributed by atoms with Gasteiger partial charge < -0.3 is 9.29 Å². The van der Waals surface area contributed by atoms with Crippen LogP contribution < -0.4 is 20.7 Å². The van der Waals surface area contributed by atoms with Crippen molar-refractivity contribution < 1.29 is 17.7 Å². The molecule has 0 saturated heterocycles. The van der Waals surface area contributed by atoms with Gasteiger partial charge in [-0.3, -0.25) is 0 Å². The van der Waals surface area contributed by atoms with E-state index in [4.69, 9.17) is 4.74 Å². The van der Waals surface area contributed by atoms with Crippen LogP contribution in [0.4, 0.5) is 0 Å². The lowest BCUT2D eigenvalue weighted by molar-refractivity contribution is 0.131. The fourth-order valence-corrected chi connectivity index (χ4v) is 6.68. The van der Waals surface area contributed by atoms with Crippen LogP contribution in [-0.2, 0) is 15.9 Å². The van der Waals surface area contributed by atoms with E-state index >= 15 is 0 Å². The van der Waals surface area contributed by atoms with Crippen LogP contribution >= 0.6 is 7.92 Å². The summed E-state index contributed by atoms with van der Waals surface area (Å²) in [5.74, 6) is 0.502. The standard InChI is InChI=1S/C22H23OP.C7H8O3S/c1-22(2,3)23-18-14-16-21(17-15-18)24(19-10-6-4-7-11-19)20-12-8-5-9-13-20;8-11(9,10)6-7-4-2-1-3-5-7/h4-17H,1-3H3;1-5H,6H2,(H,8,9,10). The van der Waals surface area contributed by atoms with Gasteiger partial charge in [0.25, 0.3) is 0 Å². The molecule has 6 heteroatoms. The van der Waals surface area contributed by atoms with Gasteiger partial charge in [-0.1, -0.05) is 66.7 Å². The van der Waals surface area contributed by atoms with Crippen LogP contribution in [0.5, 0.6) is 5.75 Å². The van der Waals surface area contributed by atoms with Gasteiger partial charge in [-0.25, -0.2) is 8.42 Å². The highest BCUT2D eigenvalue weighted by Crippen LogP contribution is 2.33. The lowest BCUT2D eigenvalue weighted by Crippen LogP contribution is -2.23. The molecule has 0 aliphatic carbocycles. The van der Waals surface area contributed by atoms with E-state index in [-0.39, 0.29) is 5.60 Å². The topological polar surface area (TPSA) is 66.4 Å². The predicted octanol–water partition coefficient (Wildman–Crippen LogP) is 5.09. The Hall–Kier alpha value is -2.98. The Morgan fingerprint density at radius 2 is 1.06 bits per heavy atom. The Labute approximate surface area is 210 Å². The van der Waals surface area contributed by atoms with Crippen molar-refractivity contribution >= 4 is 34.0 Å². The van der Waals surface area contributed by atoms with E-state index in [0.29, 0.717) is 5.56 Å². The van der Waals surface area contributed by atoms with Gasteiger partial charge in [-0.05, 0) is 74.9 Å². The highest BCUT2D eigenvalue weighted by molar-refractivity contribution is 7.84. The van der Waals surface area contributed by atoms with Crippen molar-refractivity contribution in [3.8, 4) is 5.75 Å². The zero-order valence-corrected chi connectivity index (χ0v) is 22.0. The summed E-state index contributed by atoms with van der Waals surface area (Å²) in [5.41, 5.74) is 0.358. The predicted molar refractivity (Wildman–Crippen MR) is 147 cm³/mol. The van der Waals surface area contributed by atoms with E-state index in [9.17, 15) is 13.0 Å². The SMILES string of the molecule is CC(C)(C)Oc1ccc([PH+](c2ccccc2)c2ccccc2)cc1.O=S(=O)([O-])Cc1ccccc1. The number of rotatable bonds is 6. The second-order valence-electron chi connectivity index (χ2n) is 9.03. The normalized spacial score (nSPS) is 11.5. The molecule has 4 aromatic rings. The summed E-state index contributed by atoms with van der Waals surface area (Å²) in [7, 11) is -5.12. The minimum atomic E-state index is -4.13. The smallest absolute Gasteiger partial charge is 0.120 e. The zero-order valence-electron chi connectivity index (χ0n) is 20.2. The van der Waals surface area contributed by atoms with Crippen LogP contribution in [0.25, 0.3) is 0 Å². The average molecular weight is 507 g/mol. The Morgan fingerprint density at radius 3 is 1.46 bits per heavy atom. The summed E-state index contributed by atoms with van der Waals surface area (Å²) in [6, 6.07) is 38.6. The number of benzene rings is 4. The van der Waals surface area contributed by atoms with Crippen molar-refractivity contribution in [2.24, 2.45) is 0 Å². The van der Waals surface area contributed by atoms with Crippen molar-refractivity contribution in [1.29, 1.82) is 0 Å². The summed E-state index contributed by atoms with van der Waals surface area (Å²) < 4.78 is 36.7. The van der Waals surface area contributed by atoms with Gasteiger partial charge >= 0.3 is 0 Å². The average Bonchev–Trinajstić information content (AvgIpc) is 2.81. The quantitative estimate of drug-likeness (QED) is 0.270. The maximum absolute atomic E-state index is 10.2. The third kappa shape index (κ3) is 9.29. The number of hydrogen-bond acceptors (Lipinski definition) is 4. The maximum Gasteiger partial charge on any atom is 0.120 e. The lowest BCUT2D eigenvalue weighted by atomic mass is 10.2. The van der Waals surface area contributed by atoms with Crippen LogP contribution in [0.15, 0.2) is 115 Å². The largest absolute Gasteiger partial charge is 0.748 e. The first-order chi connectivity index (χ1) is 16.6. The lowest BCUT2D eigenvalue weighted by Gasteiger charge is -2.21. The first-order valence-corrected chi connectivity index (χ1v) is 14.4. The fraction of sp³-hybridized carbons (Fsp3) is 0.172. The van der Waals surface area contributed by atoms with Crippen LogP contribution in [0.2, 0.25) is 0 Å².